The maximum Gasteiger partial charge on any atom is 0.309 e. The number of hydrogen-bond acceptors (Lipinski definition) is 3. The molecule has 0 spiro atoms. The first-order valence-electron chi connectivity index (χ1n) is 9.08. The molecular formula is C20H30O3. The van der Waals surface area contributed by atoms with E-state index >= 15 is 0 Å². The van der Waals surface area contributed by atoms with Crippen LogP contribution in [-0.2, 0) is 20.9 Å². The van der Waals surface area contributed by atoms with Gasteiger partial charge >= 0.3 is 5.97 Å². The summed E-state index contributed by atoms with van der Waals surface area (Å²) in [7, 11) is 0. The molecule has 128 valence electrons. The Balaban J connectivity index is 1.59. The second-order valence-electron chi connectivity index (χ2n) is 6.50. The third-order valence-electron chi connectivity index (χ3n) is 4.76. The van der Waals surface area contributed by atoms with Gasteiger partial charge in [0.05, 0.1) is 5.92 Å². The van der Waals surface area contributed by atoms with Gasteiger partial charge in [0.2, 0.25) is 0 Å². The minimum Gasteiger partial charge on any atom is -0.461 e. The fourth-order valence-electron chi connectivity index (χ4n) is 3.31. The predicted molar refractivity (Wildman–Crippen MR) is 92.0 cm³/mol. The van der Waals surface area contributed by atoms with Crippen LogP contribution in [0.25, 0.3) is 0 Å². The van der Waals surface area contributed by atoms with E-state index in [-0.39, 0.29) is 11.9 Å². The number of unbranched alkanes of at least 4 members (excludes halogenated alkanes) is 1. The van der Waals surface area contributed by atoms with Crippen LogP contribution in [-0.4, -0.2) is 19.2 Å². The summed E-state index contributed by atoms with van der Waals surface area (Å²) < 4.78 is 10.8. The molecule has 0 saturated heterocycles. The van der Waals surface area contributed by atoms with Gasteiger partial charge in [-0.3, -0.25) is 4.79 Å². The highest BCUT2D eigenvalue weighted by Crippen LogP contribution is 2.32. The van der Waals surface area contributed by atoms with Crippen molar-refractivity contribution in [3.05, 3.63) is 35.9 Å². The summed E-state index contributed by atoms with van der Waals surface area (Å²) in [5, 5.41) is 0. The van der Waals surface area contributed by atoms with Crippen LogP contribution in [0.15, 0.2) is 30.3 Å². The largest absolute Gasteiger partial charge is 0.461 e. The smallest absolute Gasteiger partial charge is 0.309 e. The third kappa shape index (κ3) is 6.74. The van der Waals surface area contributed by atoms with Gasteiger partial charge in [-0.2, -0.15) is 0 Å². The number of ether oxygens (including phenoxy) is 2. The normalized spacial score (nSPS) is 21.1. The van der Waals surface area contributed by atoms with Crippen LogP contribution in [0.3, 0.4) is 0 Å². The molecule has 1 fully saturated rings. The highest BCUT2D eigenvalue weighted by Gasteiger charge is 2.27. The molecule has 3 heteroatoms. The summed E-state index contributed by atoms with van der Waals surface area (Å²) in [4.78, 5) is 12.2. The number of esters is 1. The molecule has 1 saturated carbocycles. The summed E-state index contributed by atoms with van der Waals surface area (Å²) in [5.74, 6) is 0.886. The fraction of sp³-hybridized carbons (Fsp3) is 0.650. The van der Waals surface area contributed by atoms with Crippen LogP contribution in [0.5, 0.6) is 0 Å². The van der Waals surface area contributed by atoms with Gasteiger partial charge in [0.1, 0.15) is 6.61 Å². The minimum atomic E-state index is -0.0105. The van der Waals surface area contributed by atoms with Crippen molar-refractivity contribution in [1.82, 2.24) is 0 Å². The summed E-state index contributed by atoms with van der Waals surface area (Å²) in [6.45, 7) is 4.14. The molecule has 0 aliphatic heterocycles. The highest BCUT2D eigenvalue weighted by atomic mass is 16.5. The van der Waals surface area contributed by atoms with Crippen molar-refractivity contribution in [3.63, 3.8) is 0 Å². The van der Waals surface area contributed by atoms with Crippen molar-refractivity contribution in [3.8, 4) is 0 Å². The molecular weight excluding hydrogens is 288 g/mol. The van der Waals surface area contributed by atoms with Gasteiger partial charge in [0, 0.05) is 13.2 Å². The third-order valence-corrected chi connectivity index (χ3v) is 4.76. The van der Waals surface area contributed by atoms with Crippen molar-refractivity contribution in [2.75, 3.05) is 13.2 Å². The SMILES string of the molecule is CCOCCCCC1CCC(C(=O)OCc2ccccc2)CC1. The molecule has 2 rings (SSSR count). The molecule has 0 atom stereocenters. The molecule has 0 bridgehead atoms. The Morgan fingerprint density at radius 3 is 2.52 bits per heavy atom. The Bertz CT molecular complexity index is 435. The fourth-order valence-corrected chi connectivity index (χ4v) is 3.31. The number of carbonyl (C=O) groups excluding carboxylic acids is 1. The average molecular weight is 318 g/mol. The van der Waals surface area contributed by atoms with E-state index in [4.69, 9.17) is 9.47 Å². The van der Waals surface area contributed by atoms with E-state index in [0.29, 0.717) is 6.61 Å². The topological polar surface area (TPSA) is 35.5 Å². The van der Waals surface area contributed by atoms with Crippen LogP contribution < -0.4 is 0 Å². The number of hydrogen-bond donors (Lipinski definition) is 0. The maximum absolute atomic E-state index is 12.2. The number of carbonyl (C=O) groups is 1. The molecule has 1 aliphatic carbocycles. The molecule has 0 N–H and O–H groups in total. The van der Waals surface area contributed by atoms with Crippen LogP contribution in [0.1, 0.15) is 57.4 Å². The van der Waals surface area contributed by atoms with Gasteiger partial charge in [-0.05, 0) is 50.5 Å². The summed E-state index contributed by atoms with van der Waals surface area (Å²) in [5.41, 5.74) is 1.06. The zero-order valence-corrected chi connectivity index (χ0v) is 14.3. The first kappa shape index (κ1) is 18.0. The van der Waals surface area contributed by atoms with E-state index in [0.717, 1.165) is 44.0 Å². The molecule has 1 aromatic rings. The van der Waals surface area contributed by atoms with E-state index in [1.165, 1.54) is 25.7 Å². The van der Waals surface area contributed by atoms with Crippen LogP contribution in [0.2, 0.25) is 0 Å². The lowest BCUT2D eigenvalue weighted by Crippen LogP contribution is -2.23. The molecule has 3 nitrogen and oxygen atoms in total. The second kappa shape index (κ2) is 10.4. The Morgan fingerprint density at radius 2 is 1.83 bits per heavy atom. The first-order valence-corrected chi connectivity index (χ1v) is 9.08. The maximum atomic E-state index is 12.2. The molecule has 0 aromatic heterocycles. The second-order valence-corrected chi connectivity index (χ2v) is 6.50. The summed E-state index contributed by atoms with van der Waals surface area (Å²) >= 11 is 0. The lowest BCUT2D eigenvalue weighted by molar-refractivity contribution is -0.151. The lowest BCUT2D eigenvalue weighted by Gasteiger charge is -2.27. The first-order chi connectivity index (χ1) is 11.3. The monoisotopic (exact) mass is 318 g/mol. The molecule has 1 aromatic carbocycles. The van der Waals surface area contributed by atoms with Gasteiger partial charge in [0.15, 0.2) is 0 Å². The zero-order chi connectivity index (χ0) is 16.3. The number of benzene rings is 1. The van der Waals surface area contributed by atoms with Crippen LogP contribution in [0, 0.1) is 11.8 Å². The molecule has 23 heavy (non-hydrogen) atoms. The lowest BCUT2D eigenvalue weighted by atomic mass is 9.80. The van der Waals surface area contributed by atoms with Crippen LogP contribution >= 0.6 is 0 Å². The minimum absolute atomic E-state index is 0.0105. The zero-order valence-electron chi connectivity index (χ0n) is 14.3. The van der Waals surface area contributed by atoms with E-state index in [9.17, 15) is 4.79 Å². The molecule has 0 amide bonds. The predicted octanol–water partition coefficient (Wildman–Crippen LogP) is 4.74. The van der Waals surface area contributed by atoms with Gasteiger partial charge in [-0.15, -0.1) is 0 Å². The van der Waals surface area contributed by atoms with Gasteiger partial charge in [-0.25, -0.2) is 0 Å². The van der Waals surface area contributed by atoms with Crippen molar-refractivity contribution in [1.29, 1.82) is 0 Å². The van der Waals surface area contributed by atoms with E-state index < -0.39 is 0 Å². The average Bonchev–Trinajstić information content (AvgIpc) is 2.61. The van der Waals surface area contributed by atoms with E-state index in [1.54, 1.807) is 0 Å². The van der Waals surface area contributed by atoms with Crippen LogP contribution in [0.4, 0.5) is 0 Å². The van der Waals surface area contributed by atoms with Crippen molar-refractivity contribution >= 4 is 5.97 Å². The quantitative estimate of drug-likeness (QED) is 0.487. The molecule has 0 unspecified atom stereocenters. The van der Waals surface area contributed by atoms with Crippen molar-refractivity contribution in [2.45, 2.75) is 58.5 Å². The molecule has 1 aliphatic rings. The highest BCUT2D eigenvalue weighted by molar-refractivity contribution is 5.72. The summed E-state index contributed by atoms with van der Waals surface area (Å²) in [6.07, 6.45) is 7.99. The van der Waals surface area contributed by atoms with E-state index in [2.05, 4.69) is 0 Å². The van der Waals surface area contributed by atoms with Crippen molar-refractivity contribution < 1.29 is 14.3 Å². The number of rotatable bonds is 9. The Morgan fingerprint density at radius 1 is 1.09 bits per heavy atom. The van der Waals surface area contributed by atoms with Crippen molar-refractivity contribution in [2.24, 2.45) is 11.8 Å². The van der Waals surface area contributed by atoms with Gasteiger partial charge in [0.25, 0.3) is 0 Å². The Hall–Kier alpha value is -1.35. The summed E-state index contributed by atoms with van der Waals surface area (Å²) in [6, 6.07) is 9.90. The Labute approximate surface area is 140 Å². The Kier molecular flexibility index (Phi) is 8.16. The standard InChI is InChI=1S/C20H30O3/c1-2-22-15-7-6-8-17-11-13-19(14-12-17)20(21)23-16-18-9-4-3-5-10-18/h3-5,9-10,17,19H,2,6-8,11-16H2,1H3. The molecule has 0 heterocycles. The van der Waals surface area contributed by atoms with Gasteiger partial charge < -0.3 is 9.47 Å². The van der Waals surface area contributed by atoms with E-state index in [1.807, 2.05) is 37.3 Å². The van der Waals surface area contributed by atoms with Gasteiger partial charge in [-0.1, -0.05) is 43.2 Å². The molecule has 0 radical (unpaired) electrons.